The van der Waals surface area contributed by atoms with Crippen molar-refractivity contribution in [3.8, 4) is 0 Å². The van der Waals surface area contributed by atoms with Gasteiger partial charge < -0.3 is 4.74 Å². The Labute approximate surface area is 108 Å². The summed E-state index contributed by atoms with van der Waals surface area (Å²) >= 11 is 0. The van der Waals surface area contributed by atoms with Gasteiger partial charge in [-0.2, -0.15) is 0 Å². The highest BCUT2D eigenvalue weighted by molar-refractivity contribution is 6.10. The molecule has 94 valence electrons. The van der Waals surface area contributed by atoms with E-state index in [-0.39, 0.29) is 11.7 Å². The fourth-order valence-electron chi connectivity index (χ4n) is 2.17. The molecule has 0 aliphatic rings. The largest absolute Gasteiger partial charge is 0.380 e. The normalized spacial score (nSPS) is 11.1. The number of hydrogen-bond acceptors (Lipinski definition) is 2. The molecular weight excluding hydrogens is 224 g/mol. The zero-order chi connectivity index (χ0) is 13.1. The molecule has 0 N–H and O–H groups in total. The summed E-state index contributed by atoms with van der Waals surface area (Å²) in [5, 5.41) is 2.12. The molecule has 2 aromatic carbocycles. The van der Waals surface area contributed by atoms with Crippen LogP contribution in [0, 0.1) is 5.92 Å². The third-order valence-electron chi connectivity index (χ3n) is 3.09. The molecule has 2 rings (SSSR count). The Bertz CT molecular complexity index is 570. The lowest BCUT2D eigenvalue weighted by Gasteiger charge is -2.13. The second kappa shape index (κ2) is 5.32. The van der Waals surface area contributed by atoms with Gasteiger partial charge in [0.05, 0.1) is 6.61 Å². The van der Waals surface area contributed by atoms with Crippen LogP contribution in [0.5, 0.6) is 0 Å². The van der Waals surface area contributed by atoms with Gasteiger partial charge >= 0.3 is 0 Å². The van der Waals surface area contributed by atoms with E-state index >= 15 is 0 Å². The van der Waals surface area contributed by atoms with E-state index in [1.807, 2.05) is 50.2 Å². The Balaban J connectivity index is 2.70. The summed E-state index contributed by atoms with van der Waals surface area (Å²) in [6.07, 6.45) is 0. The fraction of sp³-hybridized carbons (Fsp3) is 0.312. The van der Waals surface area contributed by atoms with Gasteiger partial charge in [0.1, 0.15) is 0 Å². The Morgan fingerprint density at radius 1 is 1.17 bits per heavy atom. The second-order valence-corrected chi connectivity index (χ2v) is 4.77. The summed E-state index contributed by atoms with van der Waals surface area (Å²) in [6, 6.07) is 12.0. The third kappa shape index (κ3) is 2.29. The summed E-state index contributed by atoms with van der Waals surface area (Å²) in [7, 11) is 1.65. The molecule has 2 heteroatoms. The highest BCUT2D eigenvalue weighted by Crippen LogP contribution is 2.25. The quantitative estimate of drug-likeness (QED) is 0.762. The van der Waals surface area contributed by atoms with E-state index in [0.29, 0.717) is 6.61 Å². The maximum absolute atomic E-state index is 12.4. The van der Waals surface area contributed by atoms with E-state index in [2.05, 4.69) is 0 Å². The number of ketones is 1. The first-order valence-electron chi connectivity index (χ1n) is 6.19. The van der Waals surface area contributed by atoms with E-state index in [1.165, 1.54) is 0 Å². The van der Waals surface area contributed by atoms with Crippen LogP contribution < -0.4 is 0 Å². The Hall–Kier alpha value is -1.67. The molecule has 0 fully saturated rings. The van der Waals surface area contributed by atoms with Crippen molar-refractivity contribution in [3.05, 3.63) is 47.5 Å². The van der Waals surface area contributed by atoms with Gasteiger partial charge in [0.15, 0.2) is 5.78 Å². The molecule has 0 atom stereocenters. The number of benzene rings is 2. The van der Waals surface area contributed by atoms with Gasteiger partial charge in [-0.15, -0.1) is 0 Å². The molecule has 0 radical (unpaired) electrons. The lowest BCUT2D eigenvalue weighted by atomic mass is 9.91. The molecule has 0 spiro atoms. The van der Waals surface area contributed by atoms with Crippen LogP contribution >= 0.6 is 0 Å². The van der Waals surface area contributed by atoms with Crippen molar-refractivity contribution < 1.29 is 9.53 Å². The Morgan fingerprint density at radius 3 is 2.56 bits per heavy atom. The summed E-state index contributed by atoms with van der Waals surface area (Å²) in [4.78, 5) is 12.4. The van der Waals surface area contributed by atoms with Crippen molar-refractivity contribution in [2.75, 3.05) is 7.11 Å². The SMILES string of the molecule is COCc1ccc2ccccc2c1C(=O)C(C)C. The second-order valence-electron chi connectivity index (χ2n) is 4.77. The molecule has 0 saturated heterocycles. The lowest BCUT2D eigenvalue weighted by molar-refractivity contribution is 0.0936. The van der Waals surface area contributed by atoms with E-state index < -0.39 is 0 Å². The van der Waals surface area contributed by atoms with Gasteiger partial charge in [0, 0.05) is 18.6 Å². The number of rotatable bonds is 4. The monoisotopic (exact) mass is 242 g/mol. The number of methoxy groups -OCH3 is 1. The average molecular weight is 242 g/mol. The minimum absolute atomic E-state index is 0.00795. The number of fused-ring (bicyclic) bond motifs is 1. The van der Waals surface area contributed by atoms with Crippen LogP contribution in [0.15, 0.2) is 36.4 Å². The van der Waals surface area contributed by atoms with E-state index in [9.17, 15) is 4.79 Å². The topological polar surface area (TPSA) is 26.3 Å². The fourth-order valence-corrected chi connectivity index (χ4v) is 2.17. The first-order chi connectivity index (χ1) is 8.65. The number of Topliss-reactive ketones (excluding diaryl/α,β-unsaturated/α-hetero) is 1. The van der Waals surface area contributed by atoms with Crippen LogP contribution in [0.2, 0.25) is 0 Å². The molecule has 0 saturated carbocycles. The Morgan fingerprint density at radius 2 is 1.89 bits per heavy atom. The van der Waals surface area contributed by atoms with Gasteiger partial charge in [-0.3, -0.25) is 4.79 Å². The van der Waals surface area contributed by atoms with Gasteiger partial charge in [0.2, 0.25) is 0 Å². The number of carbonyl (C=O) groups is 1. The van der Waals surface area contributed by atoms with Crippen molar-refractivity contribution in [2.45, 2.75) is 20.5 Å². The smallest absolute Gasteiger partial charge is 0.166 e. The average Bonchev–Trinajstić information content (AvgIpc) is 2.38. The van der Waals surface area contributed by atoms with Crippen LogP contribution in [0.3, 0.4) is 0 Å². The van der Waals surface area contributed by atoms with Gasteiger partial charge in [-0.25, -0.2) is 0 Å². The maximum atomic E-state index is 12.4. The van der Waals surface area contributed by atoms with Crippen LogP contribution in [0.25, 0.3) is 10.8 Å². The zero-order valence-electron chi connectivity index (χ0n) is 11.1. The van der Waals surface area contributed by atoms with Crippen molar-refractivity contribution >= 4 is 16.6 Å². The molecule has 18 heavy (non-hydrogen) atoms. The van der Waals surface area contributed by atoms with E-state index in [0.717, 1.165) is 21.9 Å². The minimum atomic E-state index is -0.00795. The van der Waals surface area contributed by atoms with E-state index in [1.54, 1.807) is 7.11 Å². The Kier molecular flexibility index (Phi) is 3.78. The standard InChI is InChI=1S/C16H18O2/c1-11(2)16(17)15-13(10-18-3)9-8-12-6-4-5-7-14(12)15/h4-9,11H,10H2,1-3H3. The minimum Gasteiger partial charge on any atom is -0.380 e. The van der Waals surface area contributed by atoms with Gasteiger partial charge in [0.25, 0.3) is 0 Å². The molecule has 2 nitrogen and oxygen atoms in total. The molecule has 0 amide bonds. The number of carbonyl (C=O) groups excluding carboxylic acids is 1. The molecule has 2 aromatic rings. The zero-order valence-corrected chi connectivity index (χ0v) is 11.1. The predicted molar refractivity (Wildman–Crippen MR) is 73.8 cm³/mol. The third-order valence-corrected chi connectivity index (χ3v) is 3.09. The first kappa shape index (κ1) is 12.8. The van der Waals surface area contributed by atoms with Crippen molar-refractivity contribution in [1.29, 1.82) is 0 Å². The maximum Gasteiger partial charge on any atom is 0.166 e. The summed E-state index contributed by atoms with van der Waals surface area (Å²) < 4.78 is 5.20. The summed E-state index contributed by atoms with van der Waals surface area (Å²) in [5.74, 6) is 0.172. The molecule has 0 bridgehead atoms. The van der Waals surface area contributed by atoms with Gasteiger partial charge in [-0.05, 0) is 16.3 Å². The van der Waals surface area contributed by atoms with Crippen molar-refractivity contribution in [3.63, 3.8) is 0 Å². The lowest BCUT2D eigenvalue weighted by Crippen LogP contribution is -2.11. The van der Waals surface area contributed by atoms with Crippen molar-refractivity contribution in [2.24, 2.45) is 5.92 Å². The van der Waals surface area contributed by atoms with Crippen molar-refractivity contribution in [1.82, 2.24) is 0 Å². The van der Waals surface area contributed by atoms with Crippen LogP contribution in [-0.4, -0.2) is 12.9 Å². The molecule has 0 unspecified atom stereocenters. The van der Waals surface area contributed by atoms with Gasteiger partial charge in [-0.1, -0.05) is 50.2 Å². The number of hydrogen-bond donors (Lipinski definition) is 0. The molecule has 0 aliphatic carbocycles. The summed E-state index contributed by atoms with van der Waals surface area (Å²) in [5.41, 5.74) is 1.78. The molecule has 0 aromatic heterocycles. The highest BCUT2D eigenvalue weighted by Gasteiger charge is 2.17. The van der Waals surface area contributed by atoms with Crippen LogP contribution in [0.1, 0.15) is 29.8 Å². The first-order valence-corrected chi connectivity index (χ1v) is 6.19. The molecule has 0 aliphatic heterocycles. The number of ether oxygens (including phenoxy) is 1. The van der Waals surface area contributed by atoms with Crippen LogP contribution in [-0.2, 0) is 11.3 Å². The molecule has 0 heterocycles. The summed E-state index contributed by atoms with van der Waals surface area (Å²) in [6.45, 7) is 4.33. The van der Waals surface area contributed by atoms with E-state index in [4.69, 9.17) is 4.74 Å². The highest BCUT2D eigenvalue weighted by atomic mass is 16.5. The van der Waals surface area contributed by atoms with Crippen LogP contribution in [0.4, 0.5) is 0 Å². The predicted octanol–water partition coefficient (Wildman–Crippen LogP) is 3.82. The molecular formula is C16H18O2.